The smallest absolute Gasteiger partial charge is 0.244 e. The topological polar surface area (TPSA) is 56.1 Å². The first-order valence-corrected chi connectivity index (χ1v) is 8.43. The third kappa shape index (κ3) is 4.23. The molecular weight excluding hydrogens is 345 g/mol. The molecule has 5 nitrogen and oxygen atoms in total. The van der Waals surface area contributed by atoms with E-state index in [4.69, 9.17) is 4.74 Å². The number of benzene rings is 2. The Morgan fingerprint density at radius 1 is 1.22 bits per heavy atom. The van der Waals surface area contributed by atoms with Gasteiger partial charge >= 0.3 is 0 Å². The Balaban J connectivity index is 1.86. The van der Waals surface area contributed by atoms with Gasteiger partial charge in [0.1, 0.15) is 23.4 Å². The van der Waals surface area contributed by atoms with Gasteiger partial charge < -0.3 is 14.6 Å². The lowest BCUT2D eigenvalue weighted by Crippen LogP contribution is -2.30. The molecule has 0 fully saturated rings. The predicted octanol–water partition coefficient (Wildman–Crippen LogP) is 3.49. The van der Waals surface area contributed by atoms with Gasteiger partial charge in [0.2, 0.25) is 5.91 Å². The van der Waals surface area contributed by atoms with E-state index >= 15 is 0 Å². The quantitative estimate of drug-likeness (QED) is 0.681. The predicted molar refractivity (Wildman–Crippen MR) is 102 cm³/mol. The maximum absolute atomic E-state index is 14.3. The van der Waals surface area contributed by atoms with Crippen molar-refractivity contribution >= 4 is 12.0 Å². The van der Waals surface area contributed by atoms with Crippen molar-refractivity contribution in [3.63, 3.8) is 0 Å². The van der Waals surface area contributed by atoms with Gasteiger partial charge in [0, 0.05) is 36.6 Å². The molecule has 0 saturated carbocycles. The summed E-state index contributed by atoms with van der Waals surface area (Å²) in [5.74, 6) is 0.437. The van der Waals surface area contributed by atoms with Gasteiger partial charge in [-0.2, -0.15) is 0 Å². The first kappa shape index (κ1) is 18.4. The summed E-state index contributed by atoms with van der Waals surface area (Å²) in [6.45, 7) is 0. The van der Waals surface area contributed by atoms with Crippen LogP contribution in [0.25, 0.3) is 6.08 Å². The molecule has 0 saturated heterocycles. The zero-order valence-corrected chi connectivity index (χ0v) is 15.1. The van der Waals surface area contributed by atoms with E-state index < -0.39 is 11.9 Å². The Morgan fingerprint density at radius 2 is 1.96 bits per heavy atom. The number of para-hydroxylation sites is 1. The summed E-state index contributed by atoms with van der Waals surface area (Å²) in [5.41, 5.74) is 1.13. The molecule has 0 radical (unpaired) electrons. The summed E-state index contributed by atoms with van der Waals surface area (Å²) < 4.78 is 21.4. The SMILES string of the molecule is COc1ccccc1/C=C/C(=O)NC(c1ccccc1F)c1nccn1C. The van der Waals surface area contributed by atoms with Gasteiger partial charge in [-0.25, -0.2) is 9.37 Å². The minimum atomic E-state index is -0.707. The van der Waals surface area contributed by atoms with Gasteiger partial charge in [0.15, 0.2) is 0 Å². The fraction of sp³-hybridized carbons (Fsp3) is 0.143. The van der Waals surface area contributed by atoms with Crippen LogP contribution in [0.4, 0.5) is 4.39 Å². The summed E-state index contributed by atoms with van der Waals surface area (Å²) >= 11 is 0. The molecule has 1 heterocycles. The first-order valence-electron chi connectivity index (χ1n) is 8.43. The van der Waals surface area contributed by atoms with Crippen molar-refractivity contribution < 1.29 is 13.9 Å². The van der Waals surface area contributed by atoms with Crippen LogP contribution in [0.3, 0.4) is 0 Å². The van der Waals surface area contributed by atoms with Gasteiger partial charge in [0.25, 0.3) is 0 Å². The molecule has 0 aliphatic carbocycles. The number of amides is 1. The highest BCUT2D eigenvalue weighted by Crippen LogP contribution is 2.23. The minimum Gasteiger partial charge on any atom is -0.496 e. The molecule has 1 amide bonds. The second kappa shape index (κ2) is 8.31. The summed E-state index contributed by atoms with van der Waals surface area (Å²) in [5, 5.41) is 2.84. The van der Waals surface area contributed by atoms with Crippen LogP contribution in [0.15, 0.2) is 67.0 Å². The molecule has 0 aliphatic heterocycles. The van der Waals surface area contributed by atoms with Gasteiger partial charge in [0.05, 0.1) is 7.11 Å². The fourth-order valence-electron chi connectivity index (χ4n) is 2.81. The largest absolute Gasteiger partial charge is 0.496 e. The number of methoxy groups -OCH3 is 1. The molecule has 6 heteroatoms. The third-order valence-corrected chi connectivity index (χ3v) is 4.17. The Hall–Kier alpha value is -3.41. The molecule has 0 aliphatic rings. The molecule has 0 spiro atoms. The zero-order valence-electron chi connectivity index (χ0n) is 15.1. The van der Waals surface area contributed by atoms with Crippen LogP contribution in [-0.2, 0) is 11.8 Å². The average molecular weight is 365 g/mol. The van der Waals surface area contributed by atoms with Crippen molar-refractivity contribution in [1.29, 1.82) is 0 Å². The highest BCUT2D eigenvalue weighted by molar-refractivity contribution is 5.92. The lowest BCUT2D eigenvalue weighted by molar-refractivity contribution is -0.117. The number of carbonyl (C=O) groups is 1. The Morgan fingerprint density at radius 3 is 2.67 bits per heavy atom. The summed E-state index contributed by atoms with van der Waals surface area (Å²) in [7, 11) is 3.37. The number of aromatic nitrogens is 2. The Labute approximate surface area is 157 Å². The molecule has 3 rings (SSSR count). The molecule has 27 heavy (non-hydrogen) atoms. The van der Waals surface area contributed by atoms with Crippen LogP contribution in [0, 0.1) is 5.82 Å². The second-order valence-corrected chi connectivity index (χ2v) is 5.93. The van der Waals surface area contributed by atoms with E-state index in [1.54, 1.807) is 55.4 Å². The number of rotatable bonds is 6. The van der Waals surface area contributed by atoms with Gasteiger partial charge in [-0.1, -0.05) is 36.4 Å². The van der Waals surface area contributed by atoms with Gasteiger partial charge in [-0.05, 0) is 18.2 Å². The van der Waals surface area contributed by atoms with Crippen LogP contribution in [0.5, 0.6) is 5.75 Å². The summed E-state index contributed by atoms with van der Waals surface area (Å²) in [6, 6.07) is 13.0. The molecule has 1 atom stereocenters. The molecular formula is C21H20FN3O2. The number of halogens is 1. The maximum atomic E-state index is 14.3. The molecule has 1 unspecified atom stereocenters. The van der Waals surface area contributed by atoms with E-state index in [0.29, 0.717) is 17.1 Å². The molecule has 1 N–H and O–H groups in total. The van der Waals surface area contributed by atoms with Crippen molar-refractivity contribution in [2.75, 3.05) is 7.11 Å². The number of hydrogen-bond acceptors (Lipinski definition) is 3. The van der Waals surface area contributed by atoms with E-state index in [0.717, 1.165) is 5.56 Å². The zero-order chi connectivity index (χ0) is 19.2. The van der Waals surface area contributed by atoms with Crippen molar-refractivity contribution in [2.45, 2.75) is 6.04 Å². The molecule has 0 bridgehead atoms. The number of nitrogens with one attached hydrogen (secondary N) is 1. The highest BCUT2D eigenvalue weighted by atomic mass is 19.1. The number of nitrogens with zero attached hydrogens (tertiary/aromatic N) is 2. The summed E-state index contributed by atoms with van der Waals surface area (Å²) in [6.07, 6.45) is 6.42. The van der Waals surface area contributed by atoms with E-state index in [1.807, 2.05) is 24.3 Å². The normalized spacial score (nSPS) is 12.1. The lowest BCUT2D eigenvalue weighted by atomic mass is 10.1. The van der Waals surface area contributed by atoms with Crippen molar-refractivity contribution in [3.05, 3.63) is 89.8 Å². The van der Waals surface area contributed by atoms with Gasteiger partial charge in [-0.3, -0.25) is 4.79 Å². The van der Waals surface area contributed by atoms with Crippen LogP contribution in [0.1, 0.15) is 23.0 Å². The lowest BCUT2D eigenvalue weighted by Gasteiger charge is -2.19. The van der Waals surface area contributed by atoms with Crippen LogP contribution >= 0.6 is 0 Å². The highest BCUT2D eigenvalue weighted by Gasteiger charge is 2.22. The van der Waals surface area contributed by atoms with E-state index in [9.17, 15) is 9.18 Å². The van der Waals surface area contributed by atoms with Crippen LogP contribution in [0.2, 0.25) is 0 Å². The molecule has 1 aromatic heterocycles. The second-order valence-electron chi connectivity index (χ2n) is 5.93. The first-order chi connectivity index (χ1) is 13.1. The monoisotopic (exact) mass is 365 g/mol. The van der Waals surface area contributed by atoms with E-state index in [-0.39, 0.29) is 5.91 Å². The Kier molecular flexibility index (Phi) is 5.66. The standard InChI is InChI=1S/C21H20FN3O2/c1-25-14-13-23-21(25)20(16-8-4-5-9-17(16)22)24-19(26)12-11-15-7-3-6-10-18(15)27-2/h3-14,20H,1-2H3,(H,24,26)/b12-11+. The van der Waals surface area contributed by atoms with Crippen LogP contribution in [-0.4, -0.2) is 22.6 Å². The number of imidazole rings is 1. The van der Waals surface area contributed by atoms with Crippen molar-refractivity contribution in [2.24, 2.45) is 7.05 Å². The number of aryl methyl sites for hydroxylation is 1. The van der Waals surface area contributed by atoms with Crippen molar-refractivity contribution in [3.8, 4) is 5.75 Å². The van der Waals surface area contributed by atoms with E-state index in [1.165, 1.54) is 12.1 Å². The molecule has 2 aromatic carbocycles. The molecule has 3 aromatic rings. The molecule has 138 valence electrons. The number of hydrogen-bond donors (Lipinski definition) is 1. The Bertz CT molecular complexity index is 965. The van der Waals surface area contributed by atoms with Gasteiger partial charge in [-0.15, -0.1) is 0 Å². The third-order valence-electron chi connectivity index (χ3n) is 4.17. The minimum absolute atomic E-state index is 0.353. The average Bonchev–Trinajstić information content (AvgIpc) is 3.11. The van der Waals surface area contributed by atoms with Crippen LogP contribution < -0.4 is 10.1 Å². The van der Waals surface area contributed by atoms with E-state index in [2.05, 4.69) is 10.3 Å². The summed E-state index contributed by atoms with van der Waals surface area (Å²) in [4.78, 5) is 16.8. The number of carbonyl (C=O) groups excluding carboxylic acids is 1. The maximum Gasteiger partial charge on any atom is 0.244 e. The fourth-order valence-corrected chi connectivity index (χ4v) is 2.81. The number of ether oxygens (including phenoxy) is 1. The van der Waals surface area contributed by atoms with Crippen molar-refractivity contribution in [1.82, 2.24) is 14.9 Å².